The first-order valence-electron chi connectivity index (χ1n) is 6.23. The van der Waals surface area contributed by atoms with Crippen LogP contribution in [-0.2, 0) is 0 Å². The van der Waals surface area contributed by atoms with E-state index in [1.165, 1.54) is 16.5 Å². The van der Waals surface area contributed by atoms with E-state index in [-0.39, 0.29) is 0 Å². The molecule has 4 heteroatoms. The van der Waals surface area contributed by atoms with Crippen molar-refractivity contribution in [3.8, 4) is 11.1 Å². The Morgan fingerprint density at radius 2 is 1.89 bits per heavy atom. The van der Waals surface area contributed by atoms with Crippen LogP contribution in [0.15, 0.2) is 36.8 Å². The fraction of sp³-hybridized carbons (Fsp3) is 0.200. The SMILES string of the molecule is Cc1c[nH]c2nccc(-c3ccnc(N(C)C)c3)c12. The molecule has 0 radical (unpaired) electrons. The standard InChI is InChI=1S/C15H16N4/c1-10-9-18-15-14(10)12(5-7-17-15)11-4-6-16-13(8-11)19(2)3/h4-9H,1-3H3,(H,17,18). The number of aryl methyl sites for hydroxylation is 1. The van der Waals surface area contributed by atoms with E-state index >= 15 is 0 Å². The van der Waals surface area contributed by atoms with Crippen molar-refractivity contribution >= 4 is 16.9 Å². The van der Waals surface area contributed by atoms with Gasteiger partial charge in [-0.25, -0.2) is 9.97 Å². The van der Waals surface area contributed by atoms with Gasteiger partial charge in [-0.3, -0.25) is 0 Å². The quantitative estimate of drug-likeness (QED) is 0.762. The summed E-state index contributed by atoms with van der Waals surface area (Å²) >= 11 is 0. The van der Waals surface area contributed by atoms with E-state index < -0.39 is 0 Å². The van der Waals surface area contributed by atoms with E-state index in [1.54, 1.807) is 0 Å². The molecule has 0 aliphatic heterocycles. The maximum Gasteiger partial charge on any atom is 0.138 e. The van der Waals surface area contributed by atoms with Crippen molar-refractivity contribution in [2.45, 2.75) is 6.92 Å². The highest BCUT2D eigenvalue weighted by Crippen LogP contribution is 2.30. The van der Waals surface area contributed by atoms with Gasteiger partial charge in [0, 0.05) is 38.1 Å². The second-order valence-corrected chi connectivity index (χ2v) is 4.85. The number of H-pyrrole nitrogens is 1. The smallest absolute Gasteiger partial charge is 0.138 e. The highest BCUT2D eigenvalue weighted by atomic mass is 15.1. The van der Waals surface area contributed by atoms with E-state index in [0.29, 0.717) is 0 Å². The molecule has 0 aromatic carbocycles. The molecule has 0 aliphatic rings. The number of hydrogen-bond acceptors (Lipinski definition) is 3. The second-order valence-electron chi connectivity index (χ2n) is 4.85. The van der Waals surface area contributed by atoms with Crippen molar-refractivity contribution in [1.82, 2.24) is 15.0 Å². The molecule has 0 saturated heterocycles. The molecule has 3 aromatic heterocycles. The Kier molecular flexibility index (Phi) is 2.71. The Hall–Kier alpha value is -2.36. The Bertz CT molecular complexity index is 728. The van der Waals surface area contributed by atoms with Gasteiger partial charge in [0.2, 0.25) is 0 Å². The van der Waals surface area contributed by atoms with E-state index in [4.69, 9.17) is 0 Å². The van der Waals surface area contributed by atoms with Gasteiger partial charge < -0.3 is 9.88 Å². The third-order valence-electron chi connectivity index (χ3n) is 3.29. The van der Waals surface area contributed by atoms with Crippen LogP contribution in [0.1, 0.15) is 5.56 Å². The fourth-order valence-electron chi connectivity index (χ4n) is 2.29. The third kappa shape index (κ3) is 1.95. The summed E-state index contributed by atoms with van der Waals surface area (Å²) in [5.41, 5.74) is 4.49. The van der Waals surface area contributed by atoms with E-state index in [1.807, 2.05) is 43.7 Å². The molecule has 0 unspecified atom stereocenters. The van der Waals surface area contributed by atoms with Crippen molar-refractivity contribution in [2.75, 3.05) is 19.0 Å². The number of anilines is 1. The summed E-state index contributed by atoms with van der Waals surface area (Å²) in [6, 6.07) is 6.19. The monoisotopic (exact) mass is 252 g/mol. The number of aromatic nitrogens is 3. The molecular formula is C15H16N4. The lowest BCUT2D eigenvalue weighted by atomic mass is 10.0. The van der Waals surface area contributed by atoms with Crippen LogP contribution in [0, 0.1) is 6.92 Å². The Morgan fingerprint density at radius 1 is 1.11 bits per heavy atom. The highest BCUT2D eigenvalue weighted by Gasteiger charge is 2.09. The third-order valence-corrected chi connectivity index (χ3v) is 3.29. The average Bonchev–Trinajstić information content (AvgIpc) is 2.81. The molecule has 0 bridgehead atoms. The van der Waals surface area contributed by atoms with Crippen LogP contribution in [0.2, 0.25) is 0 Å². The maximum absolute atomic E-state index is 4.36. The predicted octanol–water partition coefficient (Wildman–Crippen LogP) is 3.00. The molecule has 3 rings (SSSR count). The molecule has 0 spiro atoms. The zero-order valence-electron chi connectivity index (χ0n) is 11.3. The largest absolute Gasteiger partial charge is 0.363 e. The Labute approximate surface area is 112 Å². The molecule has 3 heterocycles. The second kappa shape index (κ2) is 4.39. The number of hydrogen-bond donors (Lipinski definition) is 1. The van der Waals surface area contributed by atoms with Crippen molar-refractivity contribution in [3.05, 3.63) is 42.4 Å². The molecule has 0 aliphatic carbocycles. The van der Waals surface area contributed by atoms with Gasteiger partial charge in [0.15, 0.2) is 0 Å². The summed E-state index contributed by atoms with van der Waals surface area (Å²) in [6.45, 7) is 2.10. The minimum absolute atomic E-state index is 0.929. The first kappa shape index (κ1) is 11.7. The molecule has 0 atom stereocenters. The lowest BCUT2D eigenvalue weighted by Gasteiger charge is -2.12. The molecular weight excluding hydrogens is 236 g/mol. The topological polar surface area (TPSA) is 44.8 Å². The average molecular weight is 252 g/mol. The summed E-state index contributed by atoms with van der Waals surface area (Å²) in [7, 11) is 3.99. The number of rotatable bonds is 2. The zero-order valence-corrected chi connectivity index (χ0v) is 11.3. The summed E-state index contributed by atoms with van der Waals surface area (Å²) in [5, 5.41) is 1.18. The molecule has 0 amide bonds. The minimum atomic E-state index is 0.929. The van der Waals surface area contributed by atoms with Crippen LogP contribution in [0.25, 0.3) is 22.2 Å². The van der Waals surface area contributed by atoms with Crippen LogP contribution >= 0.6 is 0 Å². The lowest BCUT2D eigenvalue weighted by molar-refractivity contribution is 1.07. The van der Waals surface area contributed by atoms with E-state index in [9.17, 15) is 0 Å². The number of fused-ring (bicyclic) bond motifs is 1. The summed E-state index contributed by atoms with van der Waals surface area (Å²) in [6.07, 6.45) is 5.68. The van der Waals surface area contributed by atoms with Crippen LogP contribution in [0.3, 0.4) is 0 Å². The zero-order chi connectivity index (χ0) is 13.4. The molecule has 96 valence electrons. The normalized spacial score (nSPS) is 10.9. The van der Waals surface area contributed by atoms with Gasteiger partial charge in [-0.05, 0) is 41.8 Å². The highest BCUT2D eigenvalue weighted by molar-refractivity contribution is 5.95. The van der Waals surface area contributed by atoms with Crippen molar-refractivity contribution in [3.63, 3.8) is 0 Å². The molecule has 0 fully saturated rings. The lowest BCUT2D eigenvalue weighted by Crippen LogP contribution is -2.10. The Balaban J connectivity index is 2.24. The van der Waals surface area contributed by atoms with Crippen molar-refractivity contribution in [1.29, 1.82) is 0 Å². The predicted molar refractivity (Wildman–Crippen MR) is 78.4 cm³/mol. The summed E-state index contributed by atoms with van der Waals surface area (Å²) < 4.78 is 0. The number of nitrogens with zero attached hydrogens (tertiary/aromatic N) is 3. The number of aromatic amines is 1. The van der Waals surface area contributed by atoms with Gasteiger partial charge >= 0.3 is 0 Å². The van der Waals surface area contributed by atoms with Gasteiger partial charge in [-0.15, -0.1) is 0 Å². The number of pyridine rings is 2. The molecule has 19 heavy (non-hydrogen) atoms. The Morgan fingerprint density at radius 3 is 2.68 bits per heavy atom. The van der Waals surface area contributed by atoms with Crippen molar-refractivity contribution < 1.29 is 0 Å². The van der Waals surface area contributed by atoms with Crippen LogP contribution in [0.4, 0.5) is 5.82 Å². The molecule has 4 nitrogen and oxygen atoms in total. The minimum Gasteiger partial charge on any atom is -0.363 e. The van der Waals surface area contributed by atoms with E-state index in [2.05, 4.69) is 34.0 Å². The fourth-order valence-corrected chi connectivity index (χ4v) is 2.29. The number of nitrogens with one attached hydrogen (secondary N) is 1. The first-order chi connectivity index (χ1) is 9.16. The molecule has 3 aromatic rings. The van der Waals surface area contributed by atoms with Gasteiger partial charge in [-0.1, -0.05) is 0 Å². The van der Waals surface area contributed by atoms with Gasteiger partial charge in [0.1, 0.15) is 11.5 Å². The summed E-state index contributed by atoms with van der Waals surface area (Å²) in [5.74, 6) is 0.954. The van der Waals surface area contributed by atoms with Gasteiger partial charge in [0.05, 0.1) is 0 Å². The molecule has 1 N–H and O–H groups in total. The first-order valence-corrected chi connectivity index (χ1v) is 6.23. The van der Waals surface area contributed by atoms with Crippen LogP contribution in [-0.4, -0.2) is 29.0 Å². The maximum atomic E-state index is 4.36. The van der Waals surface area contributed by atoms with Gasteiger partial charge in [-0.2, -0.15) is 0 Å². The summed E-state index contributed by atoms with van der Waals surface area (Å²) in [4.78, 5) is 13.9. The van der Waals surface area contributed by atoms with Crippen LogP contribution < -0.4 is 4.90 Å². The van der Waals surface area contributed by atoms with Gasteiger partial charge in [0.25, 0.3) is 0 Å². The van der Waals surface area contributed by atoms with Crippen LogP contribution in [0.5, 0.6) is 0 Å². The van der Waals surface area contributed by atoms with E-state index in [0.717, 1.165) is 17.0 Å². The van der Waals surface area contributed by atoms with Crippen molar-refractivity contribution in [2.24, 2.45) is 0 Å². The molecule has 0 saturated carbocycles.